The molecular weight excluding hydrogens is 206 g/mol. The highest BCUT2D eigenvalue weighted by Crippen LogP contribution is 2.34. The fraction of sp³-hybridized carbons (Fsp3) is 0.250. The van der Waals surface area contributed by atoms with E-state index in [2.05, 4.69) is 61.6 Å². The SMILES string of the molecule is C[N+]1(Cc2ccccc2)CCc2ccccc21. The largest absolute Gasteiger partial charge is 0.289 e. The van der Waals surface area contributed by atoms with E-state index in [0.29, 0.717) is 0 Å². The van der Waals surface area contributed by atoms with E-state index in [1.807, 2.05) is 0 Å². The Labute approximate surface area is 103 Å². The van der Waals surface area contributed by atoms with E-state index < -0.39 is 0 Å². The molecule has 1 heterocycles. The summed E-state index contributed by atoms with van der Waals surface area (Å²) >= 11 is 0. The Morgan fingerprint density at radius 3 is 2.47 bits per heavy atom. The highest BCUT2D eigenvalue weighted by Gasteiger charge is 2.33. The first-order chi connectivity index (χ1) is 8.28. The van der Waals surface area contributed by atoms with Crippen LogP contribution in [0.1, 0.15) is 11.1 Å². The zero-order chi connectivity index (χ0) is 11.7. The first-order valence-electron chi connectivity index (χ1n) is 6.25. The topological polar surface area (TPSA) is 0 Å². The number of rotatable bonds is 2. The molecule has 86 valence electrons. The van der Waals surface area contributed by atoms with Crippen LogP contribution in [-0.4, -0.2) is 13.6 Å². The molecule has 0 saturated carbocycles. The molecule has 1 aliphatic heterocycles. The molecule has 0 bridgehead atoms. The van der Waals surface area contributed by atoms with Crippen LogP contribution in [0.2, 0.25) is 0 Å². The van der Waals surface area contributed by atoms with Crippen LogP contribution in [-0.2, 0) is 13.0 Å². The van der Waals surface area contributed by atoms with Gasteiger partial charge in [-0.15, -0.1) is 0 Å². The summed E-state index contributed by atoms with van der Waals surface area (Å²) in [6, 6.07) is 19.7. The molecule has 0 spiro atoms. The van der Waals surface area contributed by atoms with Crippen molar-refractivity contribution in [1.29, 1.82) is 0 Å². The zero-order valence-electron chi connectivity index (χ0n) is 10.3. The third-order valence-electron chi connectivity index (χ3n) is 3.82. The number of fused-ring (bicyclic) bond motifs is 1. The number of benzene rings is 2. The lowest BCUT2D eigenvalue weighted by atomic mass is 10.1. The van der Waals surface area contributed by atoms with Crippen molar-refractivity contribution >= 4 is 5.69 Å². The van der Waals surface area contributed by atoms with Crippen LogP contribution in [0.5, 0.6) is 0 Å². The maximum atomic E-state index is 2.35. The highest BCUT2D eigenvalue weighted by molar-refractivity contribution is 5.54. The number of nitrogens with zero attached hydrogens (tertiary/aromatic N) is 1. The normalized spacial score (nSPS) is 22.4. The average Bonchev–Trinajstić information content (AvgIpc) is 2.69. The van der Waals surface area contributed by atoms with Gasteiger partial charge in [-0.3, -0.25) is 4.48 Å². The minimum Gasteiger partial charge on any atom is -0.289 e. The summed E-state index contributed by atoms with van der Waals surface area (Å²) in [6.07, 6.45) is 1.21. The molecule has 0 saturated heterocycles. The van der Waals surface area contributed by atoms with Crippen LogP contribution in [0, 0.1) is 0 Å². The molecule has 1 unspecified atom stereocenters. The first-order valence-corrected chi connectivity index (χ1v) is 6.25. The van der Waals surface area contributed by atoms with Crippen LogP contribution in [0.3, 0.4) is 0 Å². The summed E-state index contributed by atoms with van der Waals surface area (Å²) in [6.45, 7) is 2.31. The van der Waals surface area contributed by atoms with Gasteiger partial charge < -0.3 is 0 Å². The Morgan fingerprint density at radius 2 is 1.65 bits per heavy atom. The van der Waals surface area contributed by atoms with Gasteiger partial charge in [0.15, 0.2) is 0 Å². The molecule has 2 aromatic carbocycles. The summed E-state index contributed by atoms with van der Waals surface area (Å²) in [5.41, 5.74) is 4.44. The fourth-order valence-corrected chi connectivity index (χ4v) is 2.89. The van der Waals surface area contributed by atoms with Crippen molar-refractivity contribution in [2.24, 2.45) is 0 Å². The number of likely N-dealkylation sites (N-methyl/N-ethyl adjacent to an activating group) is 1. The summed E-state index contributed by atoms with van der Waals surface area (Å²) < 4.78 is 1.04. The maximum absolute atomic E-state index is 2.35. The van der Waals surface area contributed by atoms with Gasteiger partial charge in [-0.1, -0.05) is 48.5 Å². The second-order valence-corrected chi connectivity index (χ2v) is 5.14. The number of hydrogen-bond acceptors (Lipinski definition) is 0. The highest BCUT2D eigenvalue weighted by atomic mass is 15.3. The first kappa shape index (κ1) is 10.5. The lowest BCUT2D eigenvalue weighted by molar-refractivity contribution is 0.349. The molecule has 0 N–H and O–H groups in total. The predicted octanol–water partition coefficient (Wildman–Crippen LogP) is 3.38. The molecule has 1 nitrogen and oxygen atoms in total. The van der Waals surface area contributed by atoms with Crippen LogP contribution in [0.4, 0.5) is 5.69 Å². The Kier molecular flexibility index (Phi) is 2.49. The van der Waals surface area contributed by atoms with Gasteiger partial charge in [0.1, 0.15) is 12.2 Å². The van der Waals surface area contributed by atoms with Crippen molar-refractivity contribution in [3.63, 3.8) is 0 Å². The van der Waals surface area contributed by atoms with Crippen molar-refractivity contribution in [2.75, 3.05) is 13.6 Å². The molecule has 0 radical (unpaired) electrons. The van der Waals surface area contributed by atoms with Crippen LogP contribution < -0.4 is 4.48 Å². The van der Waals surface area contributed by atoms with E-state index in [-0.39, 0.29) is 0 Å². The van der Waals surface area contributed by atoms with Gasteiger partial charge in [-0.25, -0.2) is 0 Å². The number of para-hydroxylation sites is 1. The van der Waals surface area contributed by atoms with Gasteiger partial charge >= 0.3 is 0 Å². The summed E-state index contributed by atoms with van der Waals surface area (Å²) in [4.78, 5) is 0. The average molecular weight is 224 g/mol. The van der Waals surface area contributed by atoms with E-state index in [1.54, 1.807) is 0 Å². The molecule has 1 aliphatic rings. The van der Waals surface area contributed by atoms with E-state index >= 15 is 0 Å². The van der Waals surface area contributed by atoms with Gasteiger partial charge in [0.05, 0.1) is 13.6 Å². The summed E-state index contributed by atoms with van der Waals surface area (Å²) in [7, 11) is 2.35. The summed E-state index contributed by atoms with van der Waals surface area (Å²) in [5, 5.41) is 0. The molecule has 3 rings (SSSR count). The molecule has 17 heavy (non-hydrogen) atoms. The van der Waals surface area contributed by atoms with Crippen molar-refractivity contribution in [1.82, 2.24) is 4.48 Å². The van der Waals surface area contributed by atoms with E-state index in [9.17, 15) is 0 Å². The molecule has 2 aromatic rings. The zero-order valence-corrected chi connectivity index (χ0v) is 10.3. The number of quaternary nitrogens is 1. The quantitative estimate of drug-likeness (QED) is 0.686. The molecule has 1 heteroatoms. The second-order valence-electron chi connectivity index (χ2n) is 5.14. The minimum atomic E-state index is 1.04. The van der Waals surface area contributed by atoms with Gasteiger partial charge in [-0.05, 0) is 6.07 Å². The van der Waals surface area contributed by atoms with Crippen molar-refractivity contribution in [2.45, 2.75) is 13.0 Å². The van der Waals surface area contributed by atoms with Gasteiger partial charge in [0.2, 0.25) is 0 Å². The van der Waals surface area contributed by atoms with Crippen LogP contribution >= 0.6 is 0 Å². The van der Waals surface area contributed by atoms with E-state index in [0.717, 1.165) is 11.0 Å². The number of hydrogen-bond donors (Lipinski definition) is 0. The molecule has 0 aliphatic carbocycles. The van der Waals surface area contributed by atoms with Crippen molar-refractivity contribution < 1.29 is 0 Å². The molecule has 0 fully saturated rings. The minimum absolute atomic E-state index is 1.04. The van der Waals surface area contributed by atoms with Gasteiger partial charge in [-0.2, -0.15) is 0 Å². The lowest BCUT2D eigenvalue weighted by Crippen LogP contribution is -2.42. The van der Waals surface area contributed by atoms with Crippen LogP contribution in [0.15, 0.2) is 54.6 Å². The fourth-order valence-electron chi connectivity index (χ4n) is 2.89. The Balaban J connectivity index is 1.94. The van der Waals surface area contributed by atoms with Gasteiger partial charge in [0.25, 0.3) is 0 Å². The molecular formula is C16H18N+. The third kappa shape index (κ3) is 1.87. The monoisotopic (exact) mass is 224 g/mol. The molecule has 1 atom stereocenters. The molecule has 0 amide bonds. The van der Waals surface area contributed by atoms with Crippen molar-refractivity contribution in [3.8, 4) is 0 Å². The van der Waals surface area contributed by atoms with E-state index in [4.69, 9.17) is 0 Å². The third-order valence-corrected chi connectivity index (χ3v) is 3.82. The predicted molar refractivity (Wildman–Crippen MR) is 72.9 cm³/mol. The lowest BCUT2D eigenvalue weighted by Gasteiger charge is -2.29. The van der Waals surface area contributed by atoms with Crippen molar-refractivity contribution in [3.05, 3.63) is 65.7 Å². The maximum Gasteiger partial charge on any atom is 0.136 e. The second kappa shape index (κ2) is 4.01. The Bertz CT molecular complexity index is 518. The smallest absolute Gasteiger partial charge is 0.136 e. The van der Waals surface area contributed by atoms with Gasteiger partial charge in [0, 0.05) is 17.5 Å². The Hall–Kier alpha value is -1.60. The Morgan fingerprint density at radius 1 is 0.941 bits per heavy atom. The standard InChI is InChI=1S/C16H18N/c1-17(13-14-7-3-2-4-8-14)12-11-15-9-5-6-10-16(15)17/h2-10H,11-13H2,1H3/q+1. The van der Waals surface area contributed by atoms with E-state index in [1.165, 1.54) is 29.8 Å². The van der Waals surface area contributed by atoms with Crippen LogP contribution in [0.25, 0.3) is 0 Å². The molecule has 0 aromatic heterocycles. The summed E-state index contributed by atoms with van der Waals surface area (Å²) in [5.74, 6) is 0.